The highest BCUT2D eigenvalue weighted by atomic mass is 31.2. The smallest absolute Gasteiger partial charge is 0.330 e. The van der Waals surface area contributed by atoms with Crippen molar-refractivity contribution in [2.45, 2.75) is 95.8 Å². The van der Waals surface area contributed by atoms with Crippen LogP contribution in [0.3, 0.4) is 0 Å². The molecule has 0 spiro atoms. The molecule has 3 aromatic carbocycles. The number of nitriles is 1. The summed E-state index contributed by atoms with van der Waals surface area (Å²) >= 11 is 0. The van der Waals surface area contributed by atoms with Crippen LogP contribution in [0.4, 0.5) is 0 Å². The Balaban J connectivity index is 1.68. The van der Waals surface area contributed by atoms with Gasteiger partial charge in [0.25, 0.3) is 5.56 Å². The highest BCUT2D eigenvalue weighted by Crippen LogP contribution is 2.51. The highest BCUT2D eigenvalue weighted by molar-refractivity contribution is 7.51. The number of H-pyrrole nitrogens is 1. The Morgan fingerprint density at radius 3 is 1.95 bits per heavy atom. The number of carbonyl (C=O) groups excluding carboxylic acids is 1. The van der Waals surface area contributed by atoms with Crippen molar-refractivity contribution in [1.29, 1.82) is 5.26 Å². The minimum absolute atomic E-state index is 0.00203. The first-order valence-corrected chi connectivity index (χ1v) is 21.9. The van der Waals surface area contributed by atoms with Gasteiger partial charge in [0.15, 0.2) is 6.23 Å². The maximum atomic E-state index is 13.8. The van der Waals surface area contributed by atoms with Crippen LogP contribution >= 0.6 is 8.30 Å². The molecule has 0 radical (unpaired) electrons. The summed E-state index contributed by atoms with van der Waals surface area (Å²) in [6.45, 7) is 11.6. The van der Waals surface area contributed by atoms with Crippen molar-refractivity contribution in [3.8, 4) is 17.6 Å². The van der Waals surface area contributed by atoms with Gasteiger partial charge in [0, 0.05) is 31.5 Å². The van der Waals surface area contributed by atoms with Gasteiger partial charge < -0.3 is 37.7 Å². The zero-order valence-electron chi connectivity index (χ0n) is 36.9. The second-order valence-electron chi connectivity index (χ2n) is 15.9. The Hall–Kier alpha value is -4.91. The molecule has 3 unspecified atom stereocenters. The third-order valence-electron chi connectivity index (χ3n) is 10.4. The van der Waals surface area contributed by atoms with Crippen molar-refractivity contribution in [1.82, 2.24) is 14.2 Å². The Morgan fingerprint density at radius 2 is 1.44 bits per heavy atom. The van der Waals surface area contributed by atoms with E-state index < -0.39 is 61.3 Å². The normalized spacial score (nSPS) is 18.5. The van der Waals surface area contributed by atoms with Crippen molar-refractivity contribution >= 4 is 14.3 Å². The van der Waals surface area contributed by atoms with Gasteiger partial charge in [0.2, 0.25) is 0 Å². The Bertz CT molecular complexity index is 2130. The van der Waals surface area contributed by atoms with Crippen molar-refractivity contribution in [3.63, 3.8) is 0 Å². The first kappa shape index (κ1) is 48.1. The summed E-state index contributed by atoms with van der Waals surface area (Å²) in [5.74, 6) is 0.777. The van der Waals surface area contributed by atoms with Crippen LogP contribution in [-0.2, 0) is 38.6 Å². The zero-order valence-corrected chi connectivity index (χ0v) is 37.8. The third kappa shape index (κ3) is 11.6. The molecule has 334 valence electrons. The fraction of sp³-hybridized carbons (Fsp3) is 0.478. The maximum absolute atomic E-state index is 13.8. The molecule has 5 atom stereocenters. The molecular formula is C46H59N4O11P. The predicted octanol–water partition coefficient (Wildman–Crippen LogP) is 6.54. The molecule has 1 aromatic heterocycles. The molecule has 15 nitrogen and oxygen atoms in total. The van der Waals surface area contributed by atoms with Gasteiger partial charge in [-0.2, -0.15) is 5.26 Å². The number of hydrogen-bond acceptors (Lipinski definition) is 13. The lowest BCUT2D eigenvalue weighted by Crippen LogP contribution is -2.44. The quantitative estimate of drug-likeness (QED) is 0.0391. The summed E-state index contributed by atoms with van der Waals surface area (Å²) in [7, 11) is 2.94. The fourth-order valence-electron chi connectivity index (χ4n) is 7.65. The van der Waals surface area contributed by atoms with Crippen LogP contribution in [0.1, 0.15) is 70.9 Å². The molecule has 0 saturated carbocycles. The summed E-state index contributed by atoms with van der Waals surface area (Å²) in [5, 5.41) is 9.42. The Labute approximate surface area is 364 Å². The monoisotopic (exact) mass is 874 g/mol. The minimum atomic E-state index is -1.81. The highest BCUT2D eigenvalue weighted by Gasteiger charge is 2.51. The van der Waals surface area contributed by atoms with Gasteiger partial charge in [-0.1, -0.05) is 54.6 Å². The van der Waals surface area contributed by atoms with Crippen LogP contribution in [0, 0.1) is 11.3 Å². The molecule has 0 amide bonds. The molecule has 4 aromatic rings. The number of carbonyl (C=O) groups is 1. The van der Waals surface area contributed by atoms with E-state index in [0.29, 0.717) is 11.5 Å². The maximum Gasteiger partial charge on any atom is 0.330 e. The van der Waals surface area contributed by atoms with E-state index in [-0.39, 0.29) is 44.5 Å². The van der Waals surface area contributed by atoms with E-state index in [1.165, 1.54) is 16.8 Å². The Morgan fingerprint density at radius 1 is 0.855 bits per heavy atom. The van der Waals surface area contributed by atoms with Gasteiger partial charge in [0.1, 0.15) is 55.5 Å². The number of nitrogens with one attached hydrogen (secondary N) is 1. The second kappa shape index (κ2) is 21.9. The van der Waals surface area contributed by atoms with E-state index in [4.69, 9.17) is 37.7 Å². The predicted molar refractivity (Wildman–Crippen MR) is 234 cm³/mol. The van der Waals surface area contributed by atoms with Gasteiger partial charge in [-0.05, 0) is 82.5 Å². The van der Waals surface area contributed by atoms with E-state index in [0.717, 1.165) is 16.7 Å². The lowest BCUT2D eigenvalue weighted by molar-refractivity contribution is -0.152. The number of ether oxygens (including phenoxy) is 7. The van der Waals surface area contributed by atoms with E-state index in [9.17, 15) is 19.6 Å². The molecule has 1 N–H and O–H groups in total. The molecule has 62 heavy (non-hydrogen) atoms. The van der Waals surface area contributed by atoms with E-state index in [1.807, 2.05) is 107 Å². The van der Waals surface area contributed by atoms with E-state index >= 15 is 0 Å². The fourth-order valence-corrected chi connectivity index (χ4v) is 9.85. The molecule has 1 fully saturated rings. The van der Waals surface area contributed by atoms with Gasteiger partial charge in [-0.25, -0.2) is 4.79 Å². The van der Waals surface area contributed by atoms with Crippen LogP contribution in [-0.4, -0.2) is 103 Å². The number of aromatic amines is 1. The SMILES string of the molecule is COCCOC1C(OP(CC(=O)OC(C)(C)CC#N)N(C(C)C)C(C)C)[C@@H](COC(c2ccccc2)(c2ccc(OC)cc2)c2ccc(OC)cc2)O[C@H]1n1ccc(=O)[nH]c1=O. The van der Waals surface area contributed by atoms with E-state index in [1.54, 1.807) is 35.2 Å². The summed E-state index contributed by atoms with van der Waals surface area (Å²) in [5.41, 5.74) is -1.21. The summed E-state index contributed by atoms with van der Waals surface area (Å²) in [6.07, 6.45) is -2.80. The lowest BCUT2D eigenvalue weighted by atomic mass is 9.80. The van der Waals surface area contributed by atoms with Gasteiger partial charge in [-0.15, -0.1) is 0 Å². The third-order valence-corrected chi connectivity index (χ3v) is 12.8. The molecule has 5 rings (SSSR count). The Kier molecular flexibility index (Phi) is 17.0. The number of nitrogens with zero attached hydrogens (tertiary/aromatic N) is 3. The molecule has 1 aliphatic rings. The number of hydrogen-bond donors (Lipinski definition) is 1. The van der Waals surface area contributed by atoms with E-state index in [2.05, 4.69) is 15.7 Å². The summed E-state index contributed by atoms with van der Waals surface area (Å²) in [4.78, 5) is 41.9. The minimum Gasteiger partial charge on any atom is -0.497 e. The van der Waals surface area contributed by atoms with Gasteiger partial charge >= 0.3 is 11.7 Å². The summed E-state index contributed by atoms with van der Waals surface area (Å²) < 4.78 is 53.6. The molecule has 0 bridgehead atoms. The lowest BCUT2D eigenvalue weighted by Gasteiger charge is -2.40. The number of benzene rings is 3. The average molecular weight is 875 g/mol. The van der Waals surface area contributed by atoms with Gasteiger partial charge in [-0.3, -0.25) is 23.8 Å². The molecule has 1 saturated heterocycles. The van der Waals surface area contributed by atoms with Crippen LogP contribution in [0.15, 0.2) is 101 Å². The summed E-state index contributed by atoms with van der Waals surface area (Å²) in [6, 6.07) is 28.2. The van der Waals surface area contributed by atoms with Crippen LogP contribution < -0.4 is 20.7 Å². The second-order valence-corrected chi connectivity index (χ2v) is 17.6. The van der Waals surface area contributed by atoms with Crippen LogP contribution in [0.5, 0.6) is 11.5 Å². The first-order chi connectivity index (χ1) is 29.7. The number of aromatic nitrogens is 2. The molecular weight excluding hydrogens is 815 g/mol. The average Bonchev–Trinajstić information content (AvgIpc) is 3.57. The van der Waals surface area contributed by atoms with Gasteiger partial charge in [0.05, 0.1) is 46.5 Å². The van der Waals surface area contributed by atoms with Crippen LogP contribution in [0.2, 0.25) is 0 Å². The largest absolute Gasteiger partial charge is 0.497 e. The first-order valence-electron chi connectivity index (χ1n) is 20.5. The number of methoxy groups -OCH3 is 3. The zero-order chi connectivity index (χ0) is 45.0. The van der Waals surface area contributed by atoms with Crippen molar-refractivity contribution < 1.29 is 42.5 Å². The van der Waals surface area contributed by atoms with Crippen molar-refractivity contribution in [2.75, 3.05) is 47.3 Å². The molecule has 0 aliphatic carbocycles. The topological polar surface area (TPSA) is 173 Å². The van der Waals surface area contributed by atoms with Crippen molar-refractivity contribution in [3.05, 3.63) is 129 Å². The molecule has 1 aliphatic heterocycles. The molecule has 2 heterocycles. The number of rotatable bonds is 22. The van der Waals surface area contributed by atoms with Crippen LogP contribution in [0.25, 0.3) is 0 Å². The standard InChI is InChI=1S/C46H59N4O11P/c1-31(2)50(32(3)4)62(30-40(52)60-45(5,6)24-25-47)61-41-38(59-43(42(41)57-28-27-54-7)49-26-23-39(51)48-44(49)53)29-58-46(33-13-11-10-12-14-33,34-15-19-36(55-8)20-16-34)35-17-21-37(56-9)22-18-35/h10-23,26,31-32,38,41-43H,24,27-30H2,1-9H3,(H,48,51,53)/t38-,41?,42?,43-,62?/m1/s1. The number of esters is 1. The van der Waals surface area contributed by atoms with Crippen molar-refractivity contribution in [2.24, 2.45) is 0 Å². The molecule has 16 heteroatoms.